The van der Waals surface area contributed by atoms with E-state index in [1.54, 1.807) is 50.6 Å². The van der Waals surface area contributed by atoms with Gasteiger partial charge in [0.15, 0.2) is 0 Å². The maximum Gasteiger partial charge on any atom is 0.255 e. The van der Waals surface area contributed by atoms with Crippen LogP contribution in [0.25, 0.3) is 0 Å². The van der Waals surface area contributed by atoms with Gasteiger partial charge < -0.3 is 25.0 Å². The highest BCUT2D eigenvalue weighted by atomic mass is 16.5. The van der Waals surface area contributed by atoms with Crippen LogP contribution < -0.4 is 25.0 Å². The maximum atomic E-state index is 12.9. The molecular formula is C28H32N4O4. The number of anilines is 3. The molecule has 0 saturated carbocycles. The van der Waals surface area contributed by atoms with Gasteiger partial charge in [0.1, 0.15) is 11.5 Å². The largest absolute Gasteiger partial charge is 0.497 e. The van der Waals surface area contributed by atoms with Crippen LogP contribution in [-0.2, 0) is 4.79 Å². The van der Waals surface area contributed by atoms with Crippen molar-refractivity contribution in [2.75, 3.05) is 55.9 Å². The lowest BCUT2D eigenvalue weighted by Crippen LogP contribution is -2.52. The number of benzene rings is 3. The Labute approximate surface area is 211 Å². The fourth-order valence-electron chi connectivity index (χ4n) is 4.23. The van der Waals surface area contributed by atoms with E-state index in [0.717, 1.165) is 37.6 Å². The van der Waals surface area contributed by atoms with Crippen LogP contribution >= 0.6 is 0 Å². The molecule has 0 radical (unpaired) electrons. The molecule has 4 rings (SSSR count). The van der Waals surface area contributed by atoms with Gasteiger partial charge in [0.2, 0.25) is 5.91 Å². The first kappa shape index (κ1) is 25.1. The van der Waals surface area contributed by atoms with E-state index in [1.807, 2.05) is 37.3 Å². The maximum absolute atomic E-state index is 12.9. The van der Waals surface area contributed by atoms with Gasteiger partial charge in [-0.05, 0) is 55.5 Å². The molecule has 0 aliphatic carbocycles. The number of nitrogens with one attached hydrogen (secondary N) is 2. The number of hydrogen-bond donors (Lipinski definition) is 2. The number of rotatable bonds is 8. The zero-order chi connectivity index (χ0) is 25.5. The van der Waals surface area contributed by atoms with Crippen LogP contribution in [0.5, 0.6) is 11.5 Å². The molecule has 0 bridgehead atoms. The van der Waals surface area contributed by atoms with Crippen LogP contribution in [0.4, 0.5) is 17.1 Å². The molecule has 8 nitrogen and oxygen atoms in total. The van der Waals surface area contributed by atoms with Crippen molar-refractivity contribution in [3.63, 3.8) is 0 Å². The molecule has 3 aromatic carbocycles. The molecule has 188 valence electrons. The summed E-state index contributed by atoms with van der Waals surface area (Å²) in [6, 6.07) is 21.9. The fourth-order valence-corrected chi connectivity index (χ4v) is 4.23. The predicted molar refractivity (Wildman–Crippen MR) is 142 cm³/mol. The number of hydrogen-bond acceptors (Lipinski definition) is 6. The molecule has 1 heterocycles. The molecule has 1 atom stereocenters. The van der Waals surface area contributed by atoms with E-state index in [9.17, 15) is 9.59 Å². The Hall–Kier alpha value is -4.04. The number of carbonyl (C=O) groups excluding carboxylic acids is 2. The van der Waals surface area contributed by atoms with Crippen LogP contribution in [0, 0.1) is 0 Å². The summed E-state index contributed by atoms with van der Waals surface area (Å²) in [5.74, 6) is 1.11. The van der Waals surface area contributed by atoms with Gasteiger partial charge in [0, 0.05) is 49.2 Å². The average Bonchev–Trinajstić information content (AvgIpc) is 2.93. The molecule has 3 aromatic rings. The fraction of sp³-hybridized carbons (Fsp3) is 0.286. The average molecular weight is 489 g/mol. The standard InChI is InChI=1S/C28H32N4O4/c1-20(31-15-17-32(18-16-31)23-7-6-8-24(19-23)35-2)27(33)29-22-13-11-21(12-14-22)28(34)30-25-9-4-5-10-26(25)36-3/h4-14,19-20H,15-18H2,1-3H3,(H,29,33)(H,30,34)/t20-/m0/s1. The molecular weight excluding hydrogens is 456 g/mol. The number of methoxy groups -OCH3 is 2. The van der Waals surface area contributed by atoms with Gasteiger partial charge in [-0.3, -0.25) is 14.5 Å². The highest BCUT2D eigenvalue weighted by Crippen LogP contribution is 2.25. The summed E-state index contributed by atoms with van der Waals surface area (Å²) in [6.45, 7) is 5.16. The molecule has 2 amide bonds. The lowest BCUT2D eigenvalue weighted by molar-refractivity contribution is -0.120. The van der Waals surface area contributed by atoms with Crippen molar-refractivity contribution in [3.05, 3.63) is 78.4 Å². The summed E-state index contributed by atoms with van der Waals surface area (Å²) in [5.41, 5.74) is 2.86. The minimum atomic E-state index is -0.272. The Morgan fingerprint density at radius 3 is 2.25 bits per heavy atom. The van der Waals surface area contributed by atoms with Crippen LogP contribution in [0.3, 0.4) is 0 Å². The van der Waals surface area contributed by atoms with Crippen LogP contribution in [0.2, 0.25) is 0 Å². The summed E-state index contributed by atoms with van der Waals surface area (Å²) in [6.07, 6.45) is 0. The number of para-hydroxylation sites is 2. The monoisotopic (exact) mass is 488 g/mol. The molecule has 0 unspecified atom stereocenters. The Morgan fingerprint density at radius 2 is 1.56 bits per heavy atom. The van der Waals surface area contributed by atoms with E-state index in [4.69, 9.17) is 9.47 Å². The van der Waals surface area contributed by atoms with Gasteiger partial charge in [-0.15, -0.1) is 0 Å². The summed E-state index contributed by atoms with van der Waals surface area (Å²) in [4.78, 5) is 30.0. The van der Waals surface area contributed by atoms with E-state index in [0.29, 0.717) is 22.7 Å². The number of piperazine rings is 1. The highest BCUT2D eigenvalue weighted by molar-refractivity contribution is 6.05. The first-order chi connectivity index (χ1) is 17.5. The first-order valence-corrected chi connectivity index (χ1v) is 12.0. The third-order valence-corrected chi connectivity index (χ3v) is 6.43. The number of ether oxygens (including phenoxy) is 2. The smallest absolute Gasteiger partial charge is 0.255 e. The third kappa shape index (κ3) is 5.95. The molecule has 1 aliphatic rings. The molecule has 36 heavy (non-hydrogen) atoms. The quantitative estimate of drug-likeness (QED) is 0.497. The topological polar surface area (TPSA) is 83.1 Å². The number of carbonyl (C=O) groups is 2. The van der Waals surface area contributed by atoms with Gasteiger partial charge in [-0.1, -0.05) is 18.2 Å². The Kier molecular flexibility index (Phi) is 8.07. The van der Waals surface area contributed by atoms with Gasteiger partial charge in [-0.25, -0.2) is 0 Å². The van der Waals surface area contributed by atoms with Crippen molar-refractivity contribution < 1.29 is 19.1 Å². The van der Waals surface area contributed by atoms with Crippen molar-refractivity contribution in [3.8, 4) is 11.5 Å². The van der Waals surface area contributed by atoms with Gasteiger partial charge in [0.05, 0.1) is 25.9 Å². The van der Waals surface area contributed by atoms with Crippen LogP contribution in [-0.4, -0.2) is 63.2 Å². The molecule has 2 N–H and O–H groups in total. The zero-order valence-electron chi connectivity index (χ0n) is 20.9. The van der Waals surface area contributed by atoms with Crippen molar-refractivity contribution in [1.29, 1.82) is 0 Å². The Morgan fingerprint density at radius 1 is 0.833 bits per heavy atom. The van der Waals surface area contributed by atoms with E-state index in [1.165, 1.54) is 0 Å². The van der Waals surface area contributed by atoms with Crippen molar-refractivity contribution in [1.82, 2.24) is 4.90 Å². The second-order valence-corrected chi connectivity index (χ2v) is 8.62. The van der Waals surface area contributed by atoms with Crippen molar-refractivity contribution >= 4 is 28.9 Å². The first-order valence-electron chi connectivity index (χ1n) is 12.0. The molecule has 0 spiro atoms. The van der Waals surface area contributed by atoms with Crippen molar-refractivity contribution in [2.24, 2.45) is 0 Å². The van der Waals surface area contributed by atoms with E-state index < -0.39 is 0 Å². The molecule has 1 saturated heterocycles. The van der Waals surface area contributed by atoms with Crippen molar-refractivity contribution in [2.45, 2.75) is 13.0 Å². The number of amides is 2. The Bertz CT molecular complexity index is 1190. The second-order valence-electron chi connectivity index (χ2n) is 8.62. The van der Waals surface area contributed by atoms with E-state index in [2.05, 4.69) is 26.5 Å². The van der Waals surface area contributed by atoms with Gasteiger partial charge in [0.25, 0.3) is 5.91 Å². The van der Waals surface area contributed by atoms with Gasteiger partial charge >= 0.3 is 0 Å². The lowest BCUT2D eigenvalue weighted by Gasteiger charge is -2.38. The molecule has 1 fully saturated rings. The molecule has 8 heteroatoms. The zero-order valence-corrected chi connectivity index (χ0v) is 20.9. The number of nitrogens with zero attached hydrogens (tertiary/aromatic N) is 2. The predicted octanol–water partition coefficient (Wildman–Crippen LogP) is 4.11. The molecule has 1 aliphatic heterocycles. The Balaban J connectivity index is 1.29. The second kappa shape index (κ2) is 11.6. The van der Waals surface area contributed by atoms with Crippen LogP contribution in [0.15, 0.2) is 72.8 Å². The van der Waals surface area contributed by atoms with Gasteiger partial charge in [-0.2, -0.15) is 0 Å². The SMILES string of the molecule is COc1cccc(N2CCN([C@@H](C)C(=O)Nc3ccc(C(=O)Nc4ccccc4OC)cc3)CC2)c1. The van der Waals surface area contributed by atoms with Crippen LogP contribution in [0.1, 0.15) is 17.3 Å². The minimum Gasteiger partial charge on any atom is -0.497 e. The summed E-state index contributed by atoms with van der Waals surface area (Å²) in [7, 11) is 3.23. The third-order valence-electron chi connectivity index (χ3n) is 6.43. The normalized spacial score (nSPS) is 14.6. The molecule has 0 aromatic heterocycles. The summed E-state index contributed by atoms with van der Waals surface area (Å²) in [5, 5.41) is 5.82. The minimum absolute atomic E-state index is 0.0731. The van der Waals surface area contributed by atoms with E-state index in [-0.39, 0.29) is 17.9 Å². The summed E-state index contributed by atoms with van der Waals surface area (Å²) >= 11 is 0. The lowest BCUT2D eigenvalue weighted by atomic mass is 10.1. The highest BCUT2D eigenvalue weighted by Gasteiger charge is 2.26. The summed E-state index contributed by atoms with van der Waals surface area (Å²) < 4.78 is 10.6. The van der Waals surface area contributed by atoms with E-state index >= 15 is 0 Å².